The molecule has 0 spiro atoms. The maximum absolute atomic E-state index is 13.1. The van der Waals surface area contributed by atoms with E-state index in [2.05, 4.69) is 0 Å². The Bertz CT molecular complexity index is 394. The van der Waals surface area contributed by atoms with Crippen LogP contribution < -0.4 is 0 Å². The topological polar surface area (TPSA) is 40.1 Å². The van der Waals surface area contributed by atoms with E-state index in [9.17, 15) is 13.7 Å². The summed E-state index contributed by atoms with van der Waals surface area (Å²) in [6.45, 7) is 0. The van der Waals surface area contributed by atoms with Crippen molar-refractivity contribution in [2.24, 2.45) is 0 Å². The lowest BCUT2D eigenvalue weighted by Crippen LogP contribution is -2.03. The molecular weight excluding hydrogens is 306 g/mol. The first-order valence-corrected chi connectivity index (χ1v) is 5.90. The minimum absolute atomic E-state index is 0.0187. The van der Waals surface area contributed by atoms with Crippen molar-refractivity contribution in [2.45, 2.75) is 4.90 Å². The number of rotatable bonds is 0. The Morgan fingerprint density at radius 1 is 1.54 bits per heavy atom. The fourth-order valence-corrected chi connectivity index (χ4v) is 3.72. The number of hydrogen-bond acceptors (Lipinski definition) is 2. The van der Waals surface area contributed by atoms with Crippen LogP contribution in [0.5, 0.6) is 0 Å². The van der Waals surface area contributed by atoms with Gasteiger partial charge in [0.05, 0.1) is 3.57 Å². The third kappa shape index (κ3) is 1.38. The minimum atomic E-state index is -1.35. The van der Waals surface area contributed by atoms with Crippen molar-refractivity contribution in [1.29, 1.82) is 0 Å². The van der Waals surface area contributed by atoms with E-state index in [0.29, 0.717) is 8.47 Å². The van der Waals surface area contributed by atoms with E-state index >= 15 is 0 Å². The second-order valence-corrected chi connectivity index (χ2v) is 5.20. The summed E-state index contributed by atoms with van der Waals surface area (Å²) in [6, 6.07) is 2.77. The molecule has 2 nitrogen and oxygen atoms in total. The molecule has 5 heteroatoms. The van der Waals surface area contributed by atoms with Gasteiger partial charge in [-0.2, -0.15) is 0 Å². The molecule has 0 N–H and O–H groups in total. The first-order valence-electron chi connectivity index (χ1n) is 3.51. The predicted octanol–water partition coefficient (Wildman–Crippen LogP) is 1.73. The lowest BCUT2D eigenvalue weighted by molar-refractivity contribution is 0.101. The molecule has 1 unspecified atom stereocenters. The molecule has 1 heterocycles. The number of fused-ring (bicyclic) bond motifs is 1. The molecule has 13 heavy (non-hydrogen) atoms. The maximum Gasteiger partial charge on any atom is 0.220 e. The molecule has 2 rings (SSSR count). The molecule has 0 radical (unpaired) electrons. The summed E-state index contributed by atoms with van der Waals surface area (Å²) in [4.78, 5) is 11.6. The summed E-state index contributed by atoms with van der Waals surface area (Å²) in [5.74, 6) is -0.998. The molecule has 0 aliphatic carbocycles. The number of halogens is 2. The van der Waals surface area contributed by atoms with Crippen molar-refractivity contribution in [1.82, 2.24) is 0 Å². The van der Waals surface area contributed by atoms with Gasteiger partial charge in [0.2, 0.25) is 5.78 Å². The average Bonchev–Trinajstić information content (AvgIpc) is 2.36. The molecule has 68 valence electrons. The lowest BCUT2D eigenvalue weighted by atomic mass is 10.1. The molecule has 1 aromatic carbocycles. The van der Waals surface area contributed by atoms with Gasteiger partial charge in [-0.3, -0.25) is 4.79 Å². The molecule has 0 saturated carbocycles. The van der Waals surface area contributed by atoms with E-state index in [1.54, 1.807) is 0 Å². The van der Waals surface area contributed by atoms with Crippen molar-refractivity contribution in [3.63, 3.8) is 0 Å². The average molecular weight is 310 g/mol. The zero-order chi connectivity index (χ0) is 9.59. The molecular formula is C8H4FIO2S. The summed E-state index contributed by atoms with van der Waals surface area (Å²) < 4.78 is 25.2. The number of carbonyl (C=O) groups excluding carboxylic acids is 1. The molecule has 1 aliphatic heterocycles. The normalized spacial score (nSPS) is 20.5. The van der Waals surface area contributed by atoms with Crippen LogP contribution >= 0.6 is 22.6 Å². The zero-order valence-electron chi connectivity index (χ0n) is 6.34. The van der Waals surface area contributed by atoms with Crippen molar-refractivity contribution < 1.29 is 13.7 Å². The van der Waals surface area contributed by atoms with Crippen molar-refractivity contribution >= 4 is 39.5 Å². The lowest BCUT2D eigenvalue weighted by Gasteiger charge is -2.03. The van der Waals surface area contributed by atoms with Gasteiger partial charge in [-0.1, -0.05) is 0 Å². The van der Waals surface area contributed by atoms with E-state index in [1.807, 2.05) is 22.6 Å². The Labute approximate surface area is 90.8 Å². The van der Waals surface area contributed by atoms with Crippen molar-refractivity contribution in [3.05, 3.63) is 27.1 Å². The van der Waals surface area contributed by atoms with Crippen LogP contribution in [0, 0.1) is 9.39 Å². The van der Waals surface area contributed by atoms with Crippen molar-refractivity contribution in [3.8, 4) is 0 Å². The van der Waals surface area contributed by atoms with Crippen LogP contribution in [0.1, 0.15) is 10.4 Å². The third-order valence-electron chi connectivity index (χ3n) is 1.83. The molecule has 0 amide bonds. The molecule has 1 atom stereocenters. The molecule has 0 saturated heterocycles. The second-order valence-electron chi connectivity index (χ2n) is 2.65. The zero-order valence-corrected chi connectivity index (χ0v) is 9.32. The van der Waals surface area contributed by atoms with E-state index in [4.69, 9.17) is 0 Å². The predicted molar refractivity (Wildman–Crippen MR) is 54.7 cm³/mol. The van der Waals surface area contributed by atoms with Crippen LogP contribution in [0.2, 0.25) is 0 Å². The number of ketones is 1. The molecule has 0 bridgehead atoms. The number of Topliss-reactive ketones (excluding diaryl/α,β-unsaturated/α-hetero) is 1. The van der Waals surface area contributed by atoms with Gasteiger partial charge in [-0.05, 0) is 45.9 Å². The first-order chi connectivity index (χ1) is 6.11. The highest BCUT2D eigenvalue weighted by Gasteiger charge is 2.37. The van der Waals surface area contributed by atoms with Crippen LogP contribution in [0.25, 0.3) is 0 Å². The minimum Gasteiger partial charge on any atom is -0.611 e. The van der Waals surface area contributed by atoms with Gasteiger partial charge >= 0.3 is 0 Å². The van der Waals surface area contributed by atoms with Gasteiger partial charge in [0.1, 0.15) is 11.4 Å². The van der Waals surface area contributed by atoms with Gasteiger partial charge in [0, 0.05) is 0 Å². The van der Waals surface area contributed by atoms with E-state index < -0.39 is 17.0 Å². The monoisotopic (exact) mass is 310 g/mol. The van der Waals surface area contributed by atoms with Crippen LogP contribution in [0.3, 0.4) is 0 Å². The third-order valence-corrected chi connectivity index (χ3v) is 4.50. The van der Waals surface area contributed by atoms with Gasteiger partial charge in [-0.15, -0.1) is 0 Å². The highest BCUT2D eigenvalue weighted by molar-refractivity contribution is 14.1. The Kier molecular flexibility index (Phi) is 2.33. The fourth-order valence-electron chi connectivity index (χ4n) is 1.28. The van der Waals surface area contributed by atoms with Crippen LogP contribution in [-0.4, -0.2) is 16.1 Å². The smallest absolute Gasteiger partial charge is 0.220 e. The van der Waals surface area contributed by atoms with Crippen LogP contribution in [0.4, 0.5) is 4.39 Å². The summed E-state index contributed by atoms with van der Waals surface area (Å²) in [7, 11) is 0. The highest BCUT2D eigenvalue weighted by Crippen LogP contribution is 2.31. The van der Waals surface area contributed by atoms with Gasteiger partial charge in [-0.25, -0.2) is 4.39 Å². The summed E-state index contributed by atoms with van der Waals surface area (Å²) >= 11 is 0.609. The number of benzene rings is 1. The van der Waals surface area contributed by atoms with Gasteiger partial charge < -0.3 is 4.55 Å². The summed E-state index contributed by atoms with van der Waals surface area (Å²) in [5.41, 5.74) is 0.0187. The molecule has 1 aromatic rings. The first kappa shape index (κ1) is 9.42. The Hall–Kier alpha value is -0.140. The van der Waals surface area contributed by atoms with Gasteiger partial charge in [0.25, 0.3) is 0 Å². The Morgan fingerprint density at radius 2 is 2.23 bits per heavy atom. The molecule has 0 aromatic heterocycles. The standard InChI is InChI=1S/C8H4FIO2S/c9-4-1-2-5(10)8-7(4)6(11)3-13(8)12/h1-2H,3H2. The van der Waals surface area contributed by atoms with Crippen LogP contribution in [-0.2, 0) is 11.2 Å². The molecule has 1 aliphatic rings. The van der Waals surface area contributed by atoms with E-state index in [-0.39, 0.29) is 17.1 Å². The Balaban J connectivity index is 2.74. The van der Waals surface area contributed by atoms with E-state index in [0.717, 1.165) is 0 Å². The highest BCUT2D eigenvalue weighted by atomic mass is 127. The van der Waals surface area contributed by atoms with Crippen LogP contribution in [0.15, 0.2) is 17.0 Å². The van der Waals surface area contributed by atoms with E-state index in [1.165, 1.54) is 12.1 Å². The number of carbonyl (C=O) groups is 1. The largest absolute Gasteiger partial charge is 0.611 e. The van der Waals surface area contributed by atoms with Crippen molar-refractivity contribution in [2.75, 3.05) is 5.75 Å². The quantitative estimate of drug-likeness (QED) is 0.541. The number of hydrogen-bond donors (Lipinski definition) is 0. The SMILES string of the molecule is O=C1C[S+]([O-])c2c(I)ccc(F)c21. The summed E-state index contributed by atoms with van der Waals surface area (Å²) in [5, 5.41) is 0. The molecule has 0 fully saturated rings. The Morgan fingerprint density at radius 3 is 2.85 bits per heavy atom. The van der Waals surface area contributed by atoms with Gasteiger partial charge in [0.15, 0.2) is 10.6 Å². The maximum atomic E-state index is 13.1. The summed E-state index contributed by atoms with van der Waals surface area (Å²) in [6.07, 6.45) is 0. The fraction of sp³-hybridized carbons (Fsp3) is 0.125. The second kappa shape index (κ2) is 3.21.